The van der Waals surface area contributed by atoms with Crippen molar-refractivity contribution in [3.8, 4) is 0 Å². The number of hydrogen-bond acceptors (Lipinski definition) is 3. The molecule has 0 radical (unpaired) electrons. The number of carbonyl (C=O) groups is 1. The lowest BCUT2D eigenvalue weighted by Crippen LogP contribution is -2.45. The van der Waals surface area contributed by atoms with Gasteiger partial charge in [0, 0.05) is 18.3 Å². The quantitative estimate of drug-likeness (QED) is 0.803. The standard InChI is InChI=1S/C14H22N2O3S/c1-5-15(13-9-7-6-8-10-13)14(17)11-16(12(2)3)20(4,18)19/h6-10,12H,5,11H2,1-4H3. The molecule has 0 spiro atoms. The summed E-state index contributed by atoms with van der Waals surface area (Å²) in [6, 6.07) is 9.00. The van der Waals surface area contributed by atoms with Crippen LogP contribution >= 0.6 is 0 Å². The molecule has 0 aromatic heterocycles. The summed E-state index contributed by atoms with van der Waals surface area (Å²) in [4.78, 5) is 13.9. The summed E-state index contributed by atoms with van der Waals surface area (Å²) >= 11 is 0. The van der Waals surface area contributed by atoms with E-state index in [0.29, 0.717) is 6.54 Å². The molecule has 0 saturated carbocycles. The Hall–Kier alpha value is -1.40. The Morgan fingerprint density at radius 2 is 1.75 bits per heavy atom. The molecule has 0 unspecified atom stereocenters. The van der Waals surface area contributed by atoms with Crippen LogP contribution in [0.25, 0.3) is 0 Å². The topological polar surface area (TPSA) is 57.7 Å². The molecule has 0 aliphatic carbocycles. The van der Waals surface area contributed by atoms with Gasteiger partial charge in [0.2, 0.25) is 15.9 Å². The third-order valence-electron chi connectivity index (χ3n) is 2.98. The summed E-state index contributed by atoms with van der Waals surface area (Å²) in [7, 11) is -3.40. The highest BCUT2D eigenvalue weighted by atomic mass is 32.2. The molecule has 0 saturated heterocycles. The number of benzene rings is 1. The van der Waals surface area contributed by atoms with E-state index < -0.39 is 10.0 Å². The third-order valence-corrected chi connectivity index (χ3v) is 4.38. The zero-order valence-electron chi connectivity index (χ0n) is 12.4. The van der Waals surface area contributed by atoms with Crippen LogP contribution in [0.3, 0.4) is 0 Å². The molecule has 0 aliphatic heterocycles. The molecular weight excluding hydrogens is 276 g/mol. The van der Waals surface area contributed by atoms with Gasteiger partial charge >= 0.3 is 0 Å². The van der Waals surface area contributed by atoms with E-state index in [2.05, 4.69) is 0 Å². The summed E-state index contributed by atoms with van der Waals surface area (Å²) < 4.78 is 24.6. The maximum Gasteiger partial charge on any atom is 0.242 e. The minimum absolute atomic E-state index is 0.140. The molecule has 1 aromatic carbocycles. The number of likely N-dealkylation sites (N-methyl/N-ethyl adjacent to an activating group) is 1. The molecule has 6 heteroatoms. The van der Waals surface area contributed by atoms with Gasteiger partial charge in [-0.25, -0.2) is 8.42 Å². The van der Waals surface area contributed by atoms with Crippen molar-refractivity contribution in [3.63, 3.8) is 0 Å². The molecular formula is C14H22N2O3S. The van der Waals surface area contributed by atoms with E-state index in [0.717, 1.165) is 11.9 Å². The van der Waals surface area contributed by atoms with Crippen molar-refractivity contribution in [3.05, 3.63) is 30.3 Å². The van der Waals surface area contributed by atoms with Crippen LogP contribution in [-0.4, -0.2) is 44.0 Å². The molecule has 0 aliphatic rings. The number of anilines is 1. The number of para-hydroxylation sites is 1. The molecule has 0 atom stereocenters. The maximum absolute atomic E-state index is 12.4. The maximum atomic E-state index is 12.4. The summed E-state index contributed by atoms with van der Waals surface area (Å²) in [5.41, 5.74) is 0.775. The first-order chi connectivity index (χ1) is 9.27. The molecule has 0 heterocycles. The summed E-state index contributed by atoms with van der Waals surface area (Å²) in [5.74, 6) is -0.224. The first-order valence-corrected chi connectivity index (χ1v) is 8.44. The Morgan fingerprint density at radius 3 is 2.15 bits per heavy atom. The predicted octanol–water partition coefficient (Wildman–Crippen LogP) is 1.71. The van der Waals surface area contributed by atoms with Gasteiger partial charge in [0.25, 0.3) is 0 Å². The monoisotopic (exact) mass is 298 g/mol. The summed E-state index contributed by atoms with van der Waals surface area (Å²) in [5, 5.41) is 0. The van der Waals surface area contributed by atoms with E-state index in [-0.39, 0.29) is 18.5 Å². The lowest BCUT2D eigenvalue weighted by Gasteiger charge is -2.27. The van der Waals surface area contributed by atoms with Crippen LogP contribution < -0.4 is 4.90 Å². The predicted molar refractivity (Wildman–Crippen MR) is 81.2 cm³/mol. The highest BCUT2D eigenvalue weighted by molar-refractivity contribution is 7.88. The van der Waals surface area contributed by atoms with Gasteiger partial charge in [-0.1, -0.05) is 18.2 Å². The first kappa shape index (κ1) is 16.7. The number of nitrogens with zero attached hydrogens (tertiary/aromatic N) is 2. The Bertz CT molecular complexity index is 541. The van der Waals surface area contributed by atoms with E-state index in [1.807, 2.05) is 37.3 Å². The first-order valence-electron chi connectivity index (χ1n) is 6.59. The average molecular weight is 298 g/mol. The van der Waals surface area contributed by atoms with Crippen LogP contribution in [0.2, 0.25) is 0 Å². The Labute approximate surface area is 121 Å². The molecule has 1 aromatic rings. The molecule has 0 fully saturated rings. The van der Waals surface area contributed by atoms with Gasteiger partial charge in [-0.15, -0.1) is 0 Å². The second-order valence-corrected chi connectivity index (χ2v) is 6.81. The summed E-state index contributed by atoms with van der Waals surface area (Å²) in [6.07, 6.45) is 1.12. The summed E-state index contributed by atoms with van der Waals surface area (Å²) in [6.45, 7) is 5.74. The SMILES string of the molecule is CCN(C(=O)CN(C(C)C)S(C)(=O)=O)c1ccccc1. The molecule has 112 valence electrons. The number of carbonyl (C=O) groups excluding carboxylic acids is 1. The Morgan fingerprint density at radius 1 is 1.20 bits per heavy atom. The van der Waals surface area contributed by atoms with E-state index in [1.165, 1.54) is 4.31 Å². The Balaban J connectivity index is 2.93. The van der Waals surface area contributed by atoms with Crippen molar-refractivity contribution in [1.82, 2.24) is 4.31 Å². The van der Waals surface area contributed by atoms with Crippen molar-refractivity contribution in [2.45, 2.75) is 26.8 Å². The normalized spacial score (nSPS) is 11.9. The smallest absolute Gasteiger partial charge is 0.242 e. The molecule has 5 nitrogen and oxygen atoms in total. The minimum atomic E-state index is -3.40. The Kier molecular flexibility index (Phi) is 5.71. The van der Waals surface area contributed by atoms with E-state index >= 15 is 0 Å². The average Bonchev–Trinajstić information content (AvgIpc) is 2.36. The van der Waals surface area contributed by atoms with Gasteiger partial charge < -0.3 is 4.90 Å². The minimum Gasteiger partial charge on any atom is -0.312 e. The van der Waals surface area contributed by atoms with Crippen molar-refractivity contribution in [1.29, 1.82) is 0 Å². The fraction of sp³-hybridized carbons (Fsp3) is 0.500. The number of hydrogen-bond donors (Lipinski definition) is 0. The number of sulfonamides is 1. The van der Waals surface area contributed by atoms with Crippen molar-refractivity contribution in [2.75, 3.05) is 24.2 Å². The van der Waals surface area contributed by atoms with Crippen LogP contribution in [0.5, 0.6) is 0 Å². The fourth-order valence-electron chi connectivity index (χ4n) is 2.01. The van der Waals surface area contributed by atoms with Crippen LogP contribution in [0, 0.1) is 0 Å². The van der Waals surface area contributed by atoms with Gasteiger partial charge in [-0.2, -0.15) is 4.31 Å². The second kappa shape index (κ2) is 6.85. The van der Waals surface area contributed by atoms with Crippen molar-refractivity contribution >= 4 is 21.6 Å². The molecule has 0 bridgehead atoms. The van der Waals surface area contributed by atoms with E-state index in [4.69, 9.17) is 0 Å². The van der Waals surface area contributed by atoms with Crippen LogP contribution in [-0.2, 0) is 14.8 Å². The number of amides is 1. The van der Waals surface area contributed by atoms with E-state index in [1.54, 1.807) is 18.7 Å². The zero-order valence-corrected chi connectivity index (χ0v) is 13.2. The molecule has 1 rings (SSSR count). The van der Waals surface area contributed by atoms with Gasteiger partial charge in [0.05, 0.1) is 12.8 Å². The highest BCUT2D eigenvalue weighted by Gasteiger charge is 2.25. The van der Waals surface area contributed by atoms with Gasteiger partial charge in [-0.3, -0.25) is 4.79 Å². The van der Waals surface area contributed by atoms with Gasteiger partial charge in [-0.05, 0) is 32.9 Å². The lowest BCUT2D eigenvalue weighted by atomic mass is 10.2. The van der Waals surface area contributed by atoms with Crippen LogP contribution in [0.4, 0.5) is 5.69 Å². The van der Waals surface area contributed by atoms with Crippen LogP contribution in [0.15, 0.2) is 30.3 Å². The lowest BCUT2D eigenvalue weighted by molar-refractivity contribution is -0.119. The zero-order chi connectivity index (χ0) is 15.3. The van der Waals surface area contributed by atoms with Crippen LogP contribution in [0.1, 0.15) is 20.8 Å². The van der Waals surface area contributed by atoms with Crippen molar-refractivity contribution < 1.29 is 13.2 Å². The molecule has 0 N–H and O–H groups in total. The highest BCUT2D eigenvalue weighted by Crippen LogP contribution is 2.14. The largest absolute Gasteiger partial charge is 0.312 e. The second-order valence-electron chi connectivity index (χ2n) is 4.88. The number of rotatable bonds is 6. The fourth-order valence-corrected chi connectivity index (χ4v) is 3.12. The van der Waals surface area contributed by atoms with E-state index in [9.17, 15) is 13.2 Å². The molecule has 1 amide bonds. The third kappa shape index (κ3) is 4.31. The van der Waals surface area contributed by atoms with Gasteiger partial charge in [0.1, 0.15) is 0 Å². The molecule has 20 heavy (non-hydrogen) atoms. The van der Waals surface area contributed by atoms with Crippen molar-refractivity contribution in [2.24, 2.45) is 0 Å². The van der Waals surface area contributed by atoms with Gasteiger partial charge in [0.15, 0.2) is 0 Å².